The zero-order valence-corrected chi connectivity index (χ0v) is 9.29. The minimum atomic E-state index is -0.168. The molecule has 0 radical (unpaired) electrons. The molecule has 1 aliphatic rings. The van der Waals surface area contributed by atoms with Gasteiger partial charge in [0.1, 0.15) is 0 Å². The highest BCUT2D eigenvalue weighted by atomic mass is 32.1. The molecule has 3 rings (SSSR count). The lowest BCUT2D eigenvalue weighted by Gasteiger charge is -2.35. The molecule has 2 heterocycles. The second-order valence-electron chi connectivity index (χ2n) is 3.98. The van der Waals surface area contributed by atoms with Crippen LogP contribution in [0.3, 0.4) is 0 Å². The number of aryl methyl sites for hydroxylation is 1. The summed E-state index contributed by atoms with van der Waals surface area (Å²) in [7, 11) is 0. The van der Waals surface area contributed by atoms with Gasteiger partial charge in [0.15, 0.2) is 5.13 Å². The highest BCUT2D eigenvalue weighted by molar-refractivity contribution is 7.22. The van der Waals surface area contributed by atoms with Crippen molar-refractivity contribution in [2.45, 2.75) is 13.0 Å². The summed E-state index contributed by atoms with van der Waals surface area (Å²) in [5.41, 5.74) is 2.31. The van der Waals surface area contributed by atoms with E-state index in [-0.39, 0.29) is 6.10 Å². The Hall–Kier alpha value is -1.13. The van der Waals surface area contributed by atoms with Gasteiger partial charge in [-0.15, -0.1) is 0 Å². The van der Waals surface area contributed by atoms with Crippen molar-refractivity contribution in [3.63, 3.8) is 0 Å². The van der Waals surface area contributed by atoms with Crippen molar-refractivity contribution in [3.8, 4) is 0 Å². The molecule has 0 atom stereocenters. The lowest BCUT2D eigenvalue weighted by atomic mass is 10.2. The van der Waals surface area contributed by atoms with Gasteiger partial charge in [0.25, 0.3) is 0 Å². The summed E-state index contributed by atoms with van der Waals surface area (Å²) in [5.74, 6) is 0. The molecule has 0 amide bonds. The molecule has 0 unspecified atom stereocenters. The van der Waals surface area contributed by atoms with Gasteiger partial charge in [-0.1, -0.05) is 23.5 Å². The van der Waals surface area contributed by atoms with Gasteiger partial charge >= 0.3 is 0 Å². The lowest BCUT2D eigenvalue weighted by Crippen LogP contribution is -2.50. The number of thiazole rings is 1. The fraction of sp³-hybridized carbons (Fsp3) is 0.364. The molecule has 0 aliphatic carbocycles. The van der Waals surface area contributed by atoms with Crippen LogP contribution in [0.25, 0.3) is 10.2 Å². The molecule has 1 aromatic carbocycles. The normalized spacial score (nSPS) is 17.1. The summed E-state index contributed by atoms with van der Waals surface area (Å²) in [6.45, 7) is 3.52. The molecule has 78 valence electrons. The smallest absolute Gasteiger partial charge is 0.186 e. The van der Waals surface area contributed by atoms with Crippen LogP contribution in [0, 0.1) is 6.92 Å². The van der Waals surface area contributed by atoms with Crippen molar-refractivity contribution in [1.82, 2.24) is 4.98 Å². The molecule has 0 bridgehead atoms. The maximum atomic E-state index is 9.24. The number of para-hydroxylation sites is 1. The number of β-amino-alcohol motifs (C(OH)–C–C–N with tert-alkyl or cyclic N) is 1. The first-order valence-corrected chi connectivity index (χ1v) is 5.85. The summed E-state index contributed by atoms with van der Waals surface area (Å²) >= 11 is 1.70. The third-order valence-corrected chi connectivity index (χ3v) is 3.82. The largest absolute Gasteiger partial charge is 0.389 e. The molecular formula is C11H12N2OS. The number of benzene rings is 1. The highest BCUT2D eigenvalue weighted by Crippen LogP contribution is 2.32. The number of anilines is 1. The predicted molar refractivity (Wildman–Crippen MR) is 62.6 cm³/mol. The molecule has 1 aliphatic heterocycles. The SMILES string of the molecule is Cc1cccc2sc(N3CC(O)C3)nc12. The first-order chi connectivity index (χ1) is 7.24. The molecular weight excluding hydrogens is 208 g/mol. The van der Waals surface area contributed by atoms with Crippen LogP contribution in [0.2, 0.25) is 0 Å². The quantitative estimate of drug-likeness (QED) is 0.796. The summed E-state index contributed by atoms with van der Waals surface area (Å²) in [4.78, 5) is 6.72. The average Bonchev–Trinajstić information content (AvgIpc) is 2.58. The van der Waals surface area contributed by atoms with E-state index in [0.717, 1.165) is 23.7 Å². The Labute approximate surface area is 92.0 Å². The molecule has 1 N–H and O–H groups in total. The van der Waals surface area contributed by atoms with Gasteiger partial charge in [0.05, 0.1) is 16.3 Å². The molecule has 0 spiro atoms. The van der Waals surface area contributed by atoms with Crippen LogP contribution in [0.5, 0.6) is 0 Å². The Morgan fingerprint density at radius 3 is 2.93 bits per heavy atom. The Morgan fingerprint density at radius 1 is 1.47 bits per heavy atom. The van der Waals surface area contributed by atoms with Gasteiger partial charge in [0.2, 0.25) is 0 Å². The van der Waals surface area contributed by atoms with E-state index >= 15 is 0 Å². The monoisotopic (exact) mass is 220 g/mol. The summed E-state index contributed by atoms with van der Waals surface area (Å²) < 4.78 is 1.23. The standard InChI is InChI=1S/C11H12N2OS/c1-7-3-2-4-9-10(7)12-11(15-9)13-5-8(14)6-13/h2-4,8,14H,5-6H2,1H3. The van der Waals surface area contributed by atoms with Crippen LogP contribution in [0.1, 0.15) is 5.56 Å². The minimum Gasteiger partial charge on any atom is -0.389 e. The fourth-order valence-electron chi connectivity index (χ4n) is 1.82. The van der Waals surface area contributed by atoms with Gasteiger partial charge in [-0.2, -0.15) is 0 Å². The molecule has 1 saturated heterocycles. The average molecular weight is 220 g/mol. The van der Waals surface area contributed by atoms with Gasteiger partial charge < -0.3 is 10.0 Å². The molecule has 1 aromatic heterocycles. The van der Waals surface area contributed by atoms with E-state index in [1.807, 2.05) is 0 Å². The van der Waals surface area contributed by atoms with Crippen molar-refractivity contribution in [3.05, 3.63) is 23.8 Å². The van der Waals surface area contributed by atoms with Gasteiger partial charge in [-0.3, -0.25) is 0 Å². The molecule has 15 heavy (non-hydrogen) atoms. The number of aliphatic hydroxyl groups excluding tert-OH is 1. The second kappa shape index (κ2) is 3.18. The van der Waals surface area contributed by atoms with Crippen LogP contribution < -0.4 is 4.90 Å². The van der Waals surface area contributed by atoms with Crippen LogP contribution in [0.15, 0.2) is 18.2 Å². The Morgan fingerprint density at radius 2 is 2.27 bits per heavy atom. The number of aromatic nitrogens is 1. The van der Waals surface area contributed by atoms with Crippen LogP contribution in [-0.2, 0) is 0 Å². The Balaban J connectivity index is 2.03. The molecule has 1 fully saturated rings. The zero-order valence-electron chi connectivity index (χ0n) is 8.47. The zero-order chi connectivity index (χ0) is 10.4. The van der Waals surface area contributed by atoms with E-state index in [4.69, 9.17) is 0 Å². The van der Waals surface area contributed by atoms with Crippen LogP contribution in [0.4, 0.5) is 5.13 Å². The maximum absolute atomic E-state index is 9.24. The van der Waals surface area contributed by atoms with Gasteiger partial charge in [0, 0.05) is 13.1 Å². The van der Waals surface area contributed by atoms with Crippen molar-refractivity contribution < 1.29 is 5.11 Å². The summed E-state index contributed by atoms with van der Waals surface area (Å²) in [6.07, 6.45) is -0.168. The first-order valence-electron chi connectivity index (χ1n) is 5.03. The van der Waals surface area contributed by atoms with Crippen LogP contribution >= 0.6 is 11.3 Å². The summed E-state index contributed by atoms with van der Waals surface area (Å²) in [5, 5.41) is 10.3. The summed E-state index contributed by atoms with van der Waals surface area (Å²) in [6, 6.07) is 6.24. The Bertz CT molecular complexity index is 502. The topological polar surface area (TPSA) is 36.4 Å². The number of fused-ring (bicyclic) bond motifs is 1. The number of hydrogen-bond acceptors (Lipinski definition) is 4. The van der Waals surface area contributed by atoms with E-state index in [0.29, 0.717) is 0 Å². The third-order valence-electron chi connectivity index (χ3n) is 2.74. The van der Waals surface area contributed by atoms with E-state index in [1.165, 1.54) is 10.3 Å². The van der Waals surface area contributed by atoms with E-state index in [1.54, 1.807) is 11.3 Å². The second-order valence-corrected chi connectivity index (χ2v) is 4.99. The number of nitrogens with zero attached hydrogens (tertiary/aromatic N) is 2. The predicted octanol–water partition coefficient (Wildman–Crippen LogP) is 1.79. The molecule has 2 aromatic rings. The van der Waals surface area contributed by atoms with Crippen LogP contribution in [-0.4, -0.2) is 29.3 Å². The molecule has 0 saturated carbocycles. The maximum Gasteiger partial charge on any atom is 0.186 e. The fourth-order valence-corrected chi connectivity index (χ4v) is 2.88. The lowest BCUT2D eigenvalue weighted by molar-refractivity contribution is 0.142. The van der Waals surface area contributed by atoms with Gasteiger partial charge in [-0.05, 0) is 18.6 Å². The van der Waals surface area contributed by atoms with E-state index in [2.05, 4.69) is 35.0 Å². The van der Waals surface area contributed by atoms with Crippen molar-refractivity contribution in [2.75, 3.05) is 18.0 Å². The van der Waals surface area contributed by atoms with E-state index in [9.17, 15) is 5.11 Å². The minimum absolute atomic E-state index is 0.168. The first kappa shape index (κ1) is 9.12. The highest BCUT2D eigenvalue weighted by Gasteiger charge is 2.26. The van der Waals surface area contributed by atoms with E-state index < -0.39 is 0 Å². The van der Waals surface area contributed by atoms with Crippen molar-refractivity contribution in [2.24, 2.45) is 0 Å². The number of aliphatic hydroxyl groups is 1. The molecule has 3 nitrogen and oxygen atoms in total. The Kier molecular flexibility index (Phi) is 1.94. The van der Waals surface area contributed by atoms with Gasteiger partial charge in [-0.25, -0.2) is 4.98 Å². The van der Waals surface area contributed by atoms with Crippen molar-refractivity contribution >= 4 is 26.7 Å². The number of hydrogen-bond donors (Lipinski definition) is 1. The van der Waals surface area contributed by atoms with Crippen molar-refractivity contribution in [1.29, 1.82) is 0 Å². The third kappa shape index (κ3) is 1.41. The number of rotatable bonds is 1. The molecule has 4 heteroatoms.